The van der Waals surface area contributed by atoms with E-state index in [1.807, 2.05) is 0 Å². The van der Waals surface area contributed by atoms with E-state index in [2.05, 4.69) is 29.8 Å². The molecule has 15 heavy (non-hydrogen) atoms. The van der Waals surface area contributed by atoms with Crippen LogP contribution in [0.4, 0.5) is 4.39 Å². The lowest BCUT2D eigenvalue weighted by molar-refractivity contribution is 0.142. The van der Waals surface area contributed by atoms with Crippen LogP contribution in [-0.4, -0.2) is 5.11 Å². The fraction of sp³-hybridized carbons (Fsp3) is 0.500. The molecule has 0 saturated heterocycles. The molecule has 0 aliphatic heterocycles. The fourth-order valence-electron chi connectivity index (χ4n) is 1.45. The van der Waals surface area contributed by atoms with E-state index in [1.165, 1.54) is 6.07 Å². The monoisotopic (exact) mass is 274 g/mol. The minimum absolute atomic E-state index is 0.347. The van der Waals surface area contributed by atoms with Crippen molar-refractivity contribution in [3.05, 3.63) is 34.1 Å². The summed E-state index contributed by atoms with van der Waals surface area (Å²) in [7, 11) is 0. The van der Waals surface area contributed by atoms with Crippen LogP contribution < -0.4 is 0 Å². The summed E-state index contributed by atoms with van der Waals surface area (Å²) >= 11 is 3.19. The average Bonchev–Trinajstić information content (AvgIpc) is 2.17. The SMILES string of the molecule is CCC(C)CC(O)c1ccc(Br)cc1F. The molecule has 2 unspecified atom stereocenters. The van der Waals surface area contributed by atoms with Gasteiger partial charge in [-0.2, -0.15) is 0 Å². The lowest BCUT2D eigenvalue weighted by Crippen LogP contribution is -2.05. The van der Waals surface area contributed by atoms with E-state index in [4.69, 9.17) is 0 Å². The minimum atomic E-state index is -0.701. The van der Waals surface area contributed by atoms with Crippen molar-refractivity contribution in [3.63, 3.8) is 0 Å². The highest BCUT2D eigenvalue weighted by molar-refractivity contribution is 9.10. The van der Waals surface area contributed by atoms with Crippen LogP contribution in [0.5, 0.6) is 0 Å². The lowest BCUT2D eigenvalue weighted by Gasteiger charge is -2.15. The van der Waals surface area contributed by atoms with Gasteiger partial charge in [0.1, 0.15) is 5.82 Å². The smallest absolute Gasteiger partial charge is 0.130 e. The quantitative estimate of drug-likeness (QED) is 0.878. The molecule has 0 radical (unpaired) electrons. The van der Waals surface area contributed by atoms with Crippen molar-refractivity contribution in [2.24, 2.45) is 5.92 Å². The molecule has 3 heteroatoms. The highest BCUT2D eigenvalue weighted by atomic mass is 79.9. The first-order chi connectivity index (χ1) is 7.04. The largest absolute Gasteiger partial charge is 0.388 e. The number of rotatable bonds is 4. The number of aliphatic hydroxyl groups is 1. The van der Waals surface area contributed by atoms with Crippen molar-refractivity contribution in [3.8, 4) is 0 Å². The maximum Gasteiger partial charge on any atom is 0.130 e. The summed E-state index contributed by atoms with van der Waals surface area (Å²) in [6.45, 7) is 4.12. The van der Waals surface area contributed by atoms with E-state index in [9.17, 15) is 9.50 Å². The molecule has 2 atom stereocenters. The molecule has 0 aliphatic rings. The molecule has 84 valence electrons. The van der Waals surface area contributed by atoms with E-state index in [0.29, 0.717) is 22.4 Å². The number of benzene rings is 1. The number of hydrogen-bond donors (Lipinski definition) is 1. The van der Waals surface area contributed by atoms with Crippen LogP contribution in [0, 0.1) is 11.7 Å². The zero-order chi connectivity index (χ0) is 11.4. The predicted molar refractivity (Wildman–Crippen MR) is 63.1 cm³/mol. The van der Waals surface area contributed by atoms with Crippen LogP contribution in [0.3, 0.4) is 0 Å². The Morgan fingerprint density at radius 2 is 2.13 bits per heavy atom. The van der Waals surface area contributed by atoms with Gasteiger partial charge in [0.15, 0.2) is 0 Å². The van der Waals surface area contributed by atoms with Gasteiger partial charge < -0.3 is 5.11 Å². The predicted octanol–water partition coefficient (Wildman–Crippen LogP) is 4.06. The van der Waals surface area contributed by atoms with Crippen LogP contribution in [0.1, 0.15) is 38.4 Å². The van der Waals surface area contributed by atoms with Gasteiger partial charge in [-0.05, 0) is 24.5 Å². The maximum atomic E-state index is 13.5. The van der Waals surface area contributed by atoms with Gasteiger partial charge in [-0.15, -0.1) is 0 Å². The van der Waals surface area contributed by atoms with Gasteiger partial charge >= 0.3 is 0 Å². The van der Waals surface area contributed by atoms with Crippen LogP contribution in [-0.2, 0) is 0 Å². The summed E-state index contributed by atoms with van der Waals surface area (Å²) in [6.07, 6.45) is 0.901. The molecule has 0 spiro atoms. The molecular weight excluding hydrogens is 259 g/mol. The summed E-state index contributed by atoms with van der Waals surface area (Å²) in [6, 6.07) is 4.76. The summed E-state index contributed by atoms with van der Waals surface area (Å²) < 4.78 is 14.2. The number of hydrogen-bond acceptors (Lipinski definition) is 1. The third-order valence-electron chi connectivity index (χ3n) is 2.64. The molecule has 0 aromatic heterocycles. The van der Waals surface area contributed by atoms with Crippen molar-refractivity contribution >= 4 is 15.9 Å². The second-order valence-electron chi connectivity index (χ2n) is 3.93. The molecule has 0 heterocycles. The second kappa shape index (κ2) is 5.61. The van der Waals surface area contributed by atoms with Gasteiger partial charge in [-0.1, -0.05) is 42.3 Å². The molecule has 1 nitrogen and oxygen atoms in total. The van der Waals surface area contributed by atoms with Gasteiger partial charge in [0.2, 0.25) is 0 Å². The molecule has 0 amide bonds. The first-order valence-electron chi connectivity index (χ1n) is 5.17. The summed E-state index contributed by atoms with van der Waals surface area (Å²) in [4.78, 5) is 0. The highest BCUT2D eigenvalue weighted by Gasteiger charge is 2.15. The van der Waals surface area contributed by atoms with Crippen molar-refractivity contribution in [2.75, 3.05) is 0 Å². The van der Waals surface area contributed by atoms with E-state index in [-0.39, 0.29) is 5.82 Å². The molecular formula is C12H16BrFO. The zero-order valence-electron chi connectivity index (χ0n) is 9.00. The maximum absolute atomic E-state index is 13.5. The lowest BCUT2D eigenvalue weighted by atomic mass is 9.96. The number of halogens is 2. The molecule has 0 saturated carbocycles. The van der Waals surface area contributed by atoms with Gasteiger partial charge in [-0.25, -0.2) is 4.39 Å². The first-order valence-corrected chi connectivity index (χ1v) is 5.97. The van der Waals surface area contributed by atoms with Crippen LogP contribution in [0.2, 0.25) is 0 Å². The Morgan fingerprint density at radius 1 is 1.47 bits per heavy atom. The normalized spacial score (nSPS) is 15.0. The van der Waals surface area contributed by atoms with Crippen LogP contribution in [0.15, 0.2) is 22.7 Å². The molecule has 0 aliphatic carbocycles. The Morgan fingerprint density at radius 3 is 2.67 bits per heavy atom. The van der Waals surface area contributed by atoms with Crippen molar-refractivity contribution < 1.29 is 9.50 Å². The summed E-state index contributed by atoms with van der Waals surface area (Å²) in [5.74, 6) is 0.0585. The Bertz CT molecular complexity index is 327. The van der Waals surface area contributed by atoms with Crippen molar-refractivity contribution in [2.45, 2.75) is 32.8 Å². The van der Waals surface area contributed by atoms with Gasteiger partial charge in [0.05, 0.1) is 6.10 Å². The molecule has 1 aromatic carbocycles. The second-order valence-corrected chi connectivity index (χ2v) is 4.85. The van der Waals surface area contributed by atoms with Crippen molar-refractivity contribution in [1.29, 1.82) is 0 Å². The molecule has 1 rings (SSSR count). The van der Waals surface area contributed by atoms with E-state index >= 15 is 0 Å². The van der Waals surface area contributed by atoms with Crippen LogP contribution in [0.25, 0.3) is 0 Å². The Hall–Kier alpha value is -0.410. The molecule has 1 N–H and O–H groups in total. The van der Waals surface area contributed by atoms with E-state index in [0.717, 1.165) is 6.42 Å². The number of aliphatic hydroxyl groups excluding tert-OH is 1. The standard InChI is InChI=1S/C12H16BrFO/c1-3-8(2)6-12(15)10-5-4-9(13)7-11(10)14/h4-5,7-8,12,15H,3,6H2,1-2H3. The topological polar surface area (TPSA) is 20.2 Å². The Balaban J connectivity index is 2.77. The van der Waals surface area contributed by atoms with E-state index < -0.39 is 6.10 Å². The first kappa shape index (κ1) is 12.7. The van der Waals surface area contributed by atoms with Crippen molar-refractivity contribution in [1.82, 2.24) is 0 Å². The Labute approximate surface area is 98.4 Å². The zero-order valence-corrected chi connectivity index (χ0v) is 10.6. The molecule has 0 fully saturated rings. The summed E-state index contributed by atoms with van der Waals surface area (Å²) in [5, 5.41) is 9.84. The Kier molecular flexibility index (Phi) is 4.74. The fourth-order valence-corrected chi connectivity index (χ4v) is 1.78. The summed E-state index contributed by atoms with van der Waals surface area (Å²) in [5.41, 5.74) is 0.388. The van der Waals surface area contributed by atoms with Gasteiger partial charge in [-0.3, -0.25) is 0 Å². The van der Waals surface area contributed by atoms with E-state index in [1.54, 1.807) is 12.1 Å². The highest BCUT2D eigenvalue weighted by Crippen LogP contribution is 2.26. The average molecular weight is 275 g/mol. The third-order valence-corrected chi connectivity index (χ3v) is 3.14. The molecule has 1 aromatic rings. The minimum Gasteiger partial charge on any atom is -0.388 e. The third kappa shape index (κ3) is 3.58. The van der Waals surface area contributed by atoms with Gasteiger partial charge in [0.25, 0.3) is 0 Å². The molecule has 0 bridgehead atoms. The van der Waals surface area contributed by atoms with Crippen LogP contribution >= 0.6 is 15.9 Å². The van der Waals surface area contributed by atoms with Gasteiger partial charge in [0, 0.05) is 10.0 Å².